The van der Waals surface area contributed by atoms with Crippen LogP contribution in [0.25, 0.3) is 0 Å². The van der Waals surface area contributed by atoms with Crippen molar-refractivity contribution in [1.29, 1.82) is 0 Å². The highest BCUT2D eigenvalue weighted by Crippen LogP contribution is 2.28. The van der Waals surface area contributed by atoms with Crippen LogP contribution in [0.2, 0.25) is 0 Å². The van der Waals surface area contributed by atoms with Crippen LogP contribution in [-0.2, 0) is 0 Å². The van der Waals surface area contributed by atoms with E-state index in [0.29, 0.717) is 13.2 Å². The minimum Gasteiger partial charge on any atom is -0.492 e. The molecular weight excluding hydrogens is 191 g/mol. The number of ether oxygens (including phenoxy) is 2. The van der Waals surface area contributed by atoms with E-state index in [2.05, 4.69) is 9.24 Å². The summed E-state index contributed by atoms with van der Waals surface area (Å²) in [4.78, 5) is 0. The number of hydrogen-bond donors (Lipinski definition) is 0. The Morgan fingerprint density at radius 2 is 2.00 bits per heavy atom. The highest BCUT2D eigenvalue weighted by atomic mass is 32.1. The van der Waals surface area contributed by atoms with Crippen molar-refractivity contribution >= 4 is 25.9 Å². The molecule has 0 saturated heterocycles. The number of thiophene rings is 1. The molecule has 0 N–H and O–H groups in total. The normalized spacial score (nSPS) is 9.92. The quantitative estimate of drug-likeness (QED) is 0.699. The van der Waals surface area contributed by atoms with Crippen LogP contribution < -0.4 is 14.8 Å². The molecule has 0 fully saturated rings. The third-order valence-electron chi connectivity index (χ3n) is 1.33. The SMILES string of the molecule is CCOc1csc(OCC)c1P. The second-order valence-corrected chi connectivity index (χ2v) is 3.59. The first-order valence-electron chi connectivity index (χ1n) is 3.92. The van der Waals surface area contributed by atoms with Gasteiger partial charge in [-0.15, -0.1) is 11.3 Å². The molecule has 1 heterocycles. The molecule has 0 bridgehead atoms. The van der Waals surface area contributed by atoms with Gasteiger partial charge < -0.3 is 9.47 Å². The first kappa shape index (κ1) is 9.82. The molecule has 1 aromatic rings. The minimum absolute atomic E-state index is 0.698. The van der Waals surface area contributed by atoms with Crippen molar-refractivity contribution in [2.45, 2.75) is 13.8 Å². The molecule has 0 amide bonds. The molecule has 1 atom stereocenters. The molecule has 0 radical (unpaired) electrons. The molecule has 0 saturated carbocycles. The molecule has 0 aliphatic heterocycles. The van der Waals surface area contributed by atoms with E-state index in [1.165, 1.54) is 0 Å². The second kappa shape index (κ2) is 4.68. The largest absolute Gasteiger partial charge is 0.492 e. The van der Waals surface area contributed by atoms with Gasteiger partial charge >= 0.3 is 0 Å². The summed E-state index contributed by atoms with van der Waals surface area (Å²) in [5.74, 6) is 0.913. The van der Waals surface area contributed by atoms with Crippen LogP contribution in [0.5, 0.6) is 10.8 Å². The Labute approximate surface area is 79.1 Å². The lowest BCUT2D eigenvalue weighted by Crippen LogP contribution is -2.02. The van der Waals surface area contributed by atoms with Gasteiger partial charge in [-0.1, -0.05) is 9.24 Å². The second-order valence-electron chi connectivity index (χ2n) is 2.17. The monoisotopic (exact) mass is 204 g/mol. The Balaban J connectivity index is 2.74. The summed E-state index contributed by atoms with van der Waals surface area (Å²) in [6.07, 6.45) is 0. The Morgan fingerprint density at radius 1 is 1.33 bits per heavy atom. The van der Waals surface area contributed by atoms with Gasteiger partial charge in [-0.25, -0.2) is 0 Å². The van der Waals surface area contributed by atoms with Gasteiger partial charge in [0.25, 0.3) is 0 Å². The first-order chi connectivity index (χ1) is 5.79. The summed E-state index contributed by atoms with van der Waals surface area (Å²) < 4.78 is 10.8. The summed E-state index contributed by atoms with van der Waals surface area (Å²) in [6.45, 7) is 5.35. The van der Waals surface area contributed by atoms with Crippen LogP contribution in [0.15, 0.2) is 5.38 Å². The molecule has 0 aliphatic carbocycles. The van der Waals surface area contributed by atoms with Crippen molar-refractivity contribution in [2.75, 3.05) is 13.2 Å². The fraction of sp³-hybridized carbons (Fsp3) is 0.500. The van der Waals surface area contributed by atoms with Gasteiger partial charge in [-0.2, -0.15) is 0 Å². The van der Waals surface area contributed by atoms with Crippen molar-refractivity contribution in [3.05, 3.63) is 5.38 Å². The summed E-state index contributed by atoms with van der Waals surface area (Å²) in [5.41, 5.74) is 0. The molecule has 2 nitrogen and oxygen atoms in total. The maximum absolute atomic E-state index is 5.38. The number of hydrogen-bond acceptors (Lipinski definition) is 3. The van der Waals surface area contributed by atoms with Crippen molar-refractivity contribution in [2.24, 2.45) is 0 Å². The van der Waals surface area contributed by atoms with Crippen LogP contribution in [0.1, 0.15) is 13.8 Å². The van der Waals surface area contributed by atoms with Gasteiger partial charge in [0.05, 0.1) is 18.5 Å². The fourth-order valence-corrected chi connectivity index (χ4v) is 2.24. The lowest BCUT2D eigenvalue weighted by atomic mass is 10.5. The zero-order valence-electron chi connectivity index (χ0n) is 7.29. The Bertz CT molecular complexity index is 224. The van der Waals surface area contributed by atoms with Crippen LogP contribution in [0, 0.1) is 0 Å². The molecule has 0 aromatic carbocycles. The molecule has 1 rings (SSSR count). The number of rotatable bonds is 4. The van der Waals surface area contributed by atoms with Crippen LogP contribution in [-0.4, -0.2) is 13.2 Å². The van der Waals surface area contributed by atoms with E-state index in [1.807, 2.05) is 19.2 Å². The van der Waals surface area contributed by atoms with Crippen molar-refractivity contribution < 1.29 is 9.47 Å². The standard InChI is InChI=1S/C8H13O2PS/c1-3-9-6-5-12-8(7(6)11)10-4-2/h5H,3-4,11H2,1-2H3. The maximum Gasteiger partial charge on any atom is 0.184 e. The van der Waals surface area contributed by atoms with Gasteiger partial charge in [0.2, 0.25) is 0 Å². The van der Waals surface area contributed by atoms with Crippen LogP contribution in [0.4, 0.5) is 0 Å². The summed E-state index contributed by atoms with van der Waals surface area (Å²) >= 11 is 1.57. The third-order valence-corrected chi connectivity index (χ3v) is 2.97. The fourth-order valence-electron chi connectivity index (χ4n) is 0.845. The molecule has 1 unspecified atom stereocenters. The predicted octanol–water partition coefficient (Wildman–Crippen LogP) is 2.05. The summed E-state index contributed by atoms with van der Waals surface area (Å²) in [7, 11) is 2.64. The Morgan fingerprint density at radius 3 is 2.58 bits per heavy atom. The average Bonchev–Trinajstić information content (AvgIpc) is 2.38. The van der Waals surface area contributed by atoms with Crippen molar-refractivity contribution in [1.82, 2.24) is 0 Å². The van der Waals surface area contributed by atoms with E-state index in [1.54, 1.807) is 11.3 Å². The molecular formula is C8H13O2PS. The van der Waals surface area contributed by atoms with E-state index in [4.69, 9.17) is 9.47 Å². The topological polar surface area (TPSA) is 18.5 Å². The summed E-state index contributed by atoms with van der Waals surface area (Å²) in [5, 5.41) is 3.94. The maximum atomic E-state index is 5.38. The highest BCUT2D eigenvalue weighted by molar-refractivity contribution is 7.31. The van der Waals surface area contributed by atoms with Crippen molar-refractivity contribution in [3.8, 4) is 10.8 Å². The predicted molar refractivity (Wildman–Crippen MR) is 56.0 cm³/mol. The molecule has 0 aliphatic rings. The Hall–Kier alpha value is -0.270. The van der Waals surface area contributed by atoms with Gasteiger partial charge in [-0.3, -0.25) is 0 Å². The molecule has 68 valence electrons. The van der Waals surface area contributed by atoms with E-state index in [9.17, 15) is 0 Å². The molecule has 4 heteroatoms. The van der Waals surface area contributed by atoms with E-state index in [-0.39, 0.29) is 0 Å². The third kappa shape index (κ3) is 2.11. The van der Waals surface area contributed by atoms with Crippen LogP contribution in [0.3, 0.4) is 0 Å². The van der Waals surface area contributed by atoms with Gasteiger partial charge in [-0.05, 0) is 13.8 Å². The van der Waals surface area contributed by atoms with E-state index < -0.39 is 0 Å². The highest BCUT2D eigenvalue weighted by Gasteiger charge is 2.08. The van der Waals surface area contributed by atoms with Crippen molar-refractivity contribution in [3.63, 3.8) is 0 Å². The smallest absolute Gasteiger partial charge is 0.184 e. The van der Waals surface area contributed by atoms with E-state index >= 15 is 0 Å². The van der Waals surface area contributed by atoms with Gasteiger partial charge in [0.1, 0.15) is 5.75 Å². The minimum atomic E-state index is 0.698. The lowest BCUT2D eigenvalue weighted by Gasteiger charge is -2.02. The van der Waals surface area contributed by atoms with E-state index in [0.717, 1.165) is 16.1 Å². The first-order valence-corrected chi connectivity index (χ1v) is 5.37. The molecule has 1 aromatic heterocycles. The lowest BCUT2D eigenvalue weighted by molar-refractivity contribution is 0.337. The van der Waals surface area contributed by atoms with Gasteiger partial charge in [0, 0.05) is 5.38 Å². The molecule has 0 spiro atoms. The Kier molecular flexibility index (Phi) is 3.83. The van der Waals surface area contributed by atoms with Crippen LogP contribution >= 0.6 is 20.6 Å². The zero-order chi connectivity index (χ0) is 8.97. The zero-order valence-corrected chi connectivity index (χ0v) is 9.26. The average molecular weight is 204 g/mol. The summed E-state index contributed by atoms with van der Waals surface area (Å²) in [6, 6.07) is 0. The molecule has 12 heavy (non-hydrogen) atoms. The van der Waals surface area contributed by atoms with Gasteiger partial charge in [0.15, 0.2) is 5.06 Å².